The summed E-state index contributed by atoms with van der Waals surface area (Å²) in [7, 11) is 1.62. The van der Waals surface area contributed by atoms with Crippen molar-refractivity contribution in [3.8, 4) is 0 Å². The molecule has 1 aromatic rings. The van der Waals surface area contributed by atoms with E-state index in [-0.39, 0.29) is 89.9 Å². The van der Waals surface area contributed by atoms with Gasteiger partial charge in [0.05, 0.1) is 79.2 Å². The summed E-state index contributed by atoms with van der Waals surface area (Å²) in [6, 6.07) is 3.92. The van der Waals surface area contributed by atoms with Gasteiger partial charge in [-0.3, -0.25) is 28.9 Å². The first kappa shape index (κ1) is 53.9. The van der Waals surface area contributed by atoms with Crippen LogP contribution in [0.3, 0.4) is 0 Å². The lowest BCUT2D eigenvalue weighted by molar-refractivity contribution is -0.137. The second-order valence-electron chi connectivity index (χ2n) is 14.4. The van der Waals surface area contributed by atoms with Crippen LogP contribution in [0.25, 0.3) is 0 Å². The highest BCUT2D eigenvalue weighted by atomic mass is 16.6. The quantitative estimate of drug-likeness (QED) is 0.0326. The van der Waals surface area contributed by atoms with Crippen LogP contribution in [0.4, 0.5) is 15.3 Å². The Kier molecular flexibility index (Phi) is 27.8. The normalized spacial score (nSPS) is 13.2. The minimum atomic E-state index is -1.03. The number of imide groups is 1. The third-order valence-electron chi connectivity index (χ3n) is 8.99. The predicted octanol–water partition coefficient (Wildman–Crippen LogP) is -0.752. The second kappa shape index (κ2) is 32.4. The summed E-state index contributed by atoms with van der Waals surface area (Å²) in [5, 5.41) is 22.6. The number of carbonyl (C=O) groups excluding carboxylic acids is 7. The molecule has 22 nitrogen and oxygen atoms in total. The van der Waals surface area contributed by atoms with Gasteiger partial charge in [0.2, 0.25) is 17.7 Å². The second-order valence-corrected chi connectivity index (χ2v) is 14.4. The molecule has 1 aliphatic rings. The van der Waals surface area contributed by atoms with Gasteiger partial charge in [0.1, 0.15) is 18.7 Å². The topological polar surface area (TPSA) is 288 Å². The van der Waals surface area contributed by atoms with Crippen molar-refractivity contribution in [1.29, 1.82) is 0 Å². The molecular weight excluding hydrogens is 828 g/mol. The standard InChI is InChI=1S/C41H66N8O14/c1-30(2)37(47-34(51)12-19-58-23-25-61-27-28-62-26-24-60-21-17-49-35(52)10-11-36(49)53)39(55)46-33(5-4-13-44-40(42)56)38(54)45-32-8-6-31(7-9-32)29-63-41(57)48(3)16-14-43-15-20-59-22-18-50/h6-11,30,33,37,43,50H,4-5,12-29H2,1-3H3,(H,45,54)(H,46,55)(H,47,51)(H3,42,44,56)/t33-,37-/m0/s1. The molecule has 2 rings (SSSR count). The van der Waals surface area contributed by atoms with E-state index in [4.69, 9.17) is 39.3 Å². The van der Waals surface area contributed by atoms with Crippen molar-refractivity contribution in [2.75, 3.05) is 118 Å². The molecule has 0 saturated heterocycles. The number of hydrogen-bond acceptors (Lipinski definition) is 15. The van der Waals surface area contributed by atoms with Gasteiger partial charge in [0.25, 0.3) is 11.8 Å². The molecule has 0 spiro atoms. The Morgan fingerprint density at radius 2 is 1.37 bits per heavy atom. The fourth-order valence-corrected chi connectivity index (χ4v) is 5.51. The van der Waals surface area contributed by atoms with Crippen molar-refractivity contribution in [2.45, 2.75) is 51.8 Å². The van der Waals surface area contributed by atoms with Crippen LogP contribution >= 0.6 is 0 Å². The van der Waals surface area contributed by atoms with E-state index in [0.717, 1.165) is 4.90 Å². The van der Waals surface area contributed by atoms with E-state index in [1.54, 1.807) is 45.2 Å². The maximum atomic E-state index is 13.5. The van der Waals surface area contributed by atoms with Gasteiger partial charge in [-0.25, -0.2) is 9.59 Å². The number of nitrogens with two attached hydrogens (primary N) is 1. The van der Waals surface area contributed by atoms with E-state index in [1.807, 2.05) is 0 Å². The summed E-state index contributed by atoms with van der Waals surface area (Å²) in [5.74, 6) is -2.55. The Morgan fingerprint density at radius 1 is 0.762 bits per heavy atom. The lowest BCUT2D eigenvalue weighted by Crippen LogP contribution is -2.54. The van der Waals surface area contributed by atoms with E-state index in [2.05, 4.69) is 26.6 Å². The summed E-state index contributed by atoms with van der Waals surface area (Å²) in [4.78, 5) is 88.9. The van der Waals surface area contributed by atoms with E-state index in [1.165, 1.54) is 17.1 Å². The number of nitrogens with zero attached hydrogens (tertiary/aromatic N) is 2. The van der Waals surface area contributed by atoms with Crippen molar-refractivity contribution in [3.63, 3.8) is 0 Å². The fourth-order valence-electron chi connectivity index (χ4n) is 5.51. The lowest BCUT2D eigenvalue weighted by Gasteiger charge is -2.25. The zero-order valence-corrected chi connectivity index (χ0v) is 36.6. The molecule has 22 heteroatoms. The Morgan fingerprint density at radius 3 is 1.97 bits per heavy atom. The number of hydrogen-bond donors (Lipinski definition) is 7. The molecular formula is C41H66N8O14. The minimum absolute atomic E-state index is 0.000349. The van der Waals surface area contributed by atoms with E-state index in [0.29, 0.717) is 70.3 Å². The number of benzene rings is 1. The number of nitrogens with one attached hydrogen (secondary N) is 5. The highest BCUT2D eigenvalue weighted by Gasteiger charge is 2.29. The third kappa shape index (κ3) is 24.3. The number of primary amides is 1. The van der Waals surface area contributed by atoms with Crippen LogP contribution in [0.2, 0.25) is 0 Å². The van der Waals surface area contributed by atoms with Gasteiger partial charge in [-0.05, 0) is 36.5 Å². The van der Waals surface area contributed by atoms with Gasteiger partial charge in [-0.15, -0.1) is 0 Å². The molecule has 1 aromatic carbocycles. The maximum absolute atomic E-state index is 13.5. The van der Waals surface area contributed by atoms with Crippen molar-refractivity contribution < 1.29 is 67.1 Å². The number of likely N-dealkylation sites (N-methyl/N-ethyl adjacent to an activating group) is 1. The number of rotatable bonds is 35. The van der Waals surface area contributed by atoms with Crippen LogP contribution in [-0.2, 0) is 59.0 Å². The Labute approximate surface area is 368 Å². The molecule has 8 N–H and O–H groups in total. The van der Waals surface area contributed by atoms with Gasteiger partial charge in [-0.1, -0.05) is 26.0 Å². The Balaban J connectivity index is 1.72. The van der Waals surface area contributed by atoms with Gasteiger partial charge in [-0.2, -0.15) is 0 Å². The first-order chi connectivity index (χ1) is 30.3. The summed E-state index contributed by atoms with van der Waals surface area (Å²) in [5.41, 5.74) is 6.27. The number of carbonyl (C=O) groups is 7. The predicted molar refractivity (Wildman–Crippen MR) is 228 cm³/mol. The Hall–Kier alpha value is -5.23. The molecule has 0 saturated carbocycles. The molecule has 0 bridgehead atoms. The number of anilines is 1. The van der Waals surface area contributed by atoms with Crippen molar-refractivity contribution in [1.82, 2.24) is 31.1 Å². The average molecular weight is 895 g/mol. The van der Waals surface area contributed by atoms with Gasteiger partial charge in [0.15, 0.2) is 0 Å². The van der Waals surface area contributed by atoms with Crippen LogP contribution in [0.1, 0.15) is 38.7 Å². The first-order valence-corrected chi connectivity index (χ1v) is 21.0. The molecule has 0 aliphatic carbocycles. The molecule has 63 heavy (non-hydrogen) atoms. The van der Waals surface area contributed by atoms with E-state index in [9.17, 15) is 33.6 Å². The molecule has 0 fully saturated rings. The monoisotopic (exact) mass is 894 g/mol. The summed E-state index contributed by atoms with van der Waals surface area (Å²) in [6.45, 7) is 8.10. The summed E-state index contributed by atoms with van der Waals surface area (Å²) in [6.07, 6.45) is 2.37. The third-order valence-corrected chi connectivity index (χ3v) is 8.99. The number of ether oxygens (including phenoxy) is 6. The smallest absolute Gasteiger partial charge is 0.409 e. The highest BCUT2D eigenvalue weighted by Crippen LogP contribution is 2.13. The van der Waals surface area contributed by atoms with Gasteiger partial charge in [0, 0.05) is 57.5 Å². The van der Waals surface area contributed by atoms with Crippen molar-refractivity contribution in [3.05, 3.63) is 42.0 Å². The first-order valence-electron chi connectivity index (χ1n) is 21.0. The molecule has 0 aromatic heterocycles. The summed E-state index contributed by atoms with van der Waals surface area (Å²) < 4.78 is 32.3. The van der Waals surface area contributed by atoms with Crippen molar-refractivity contribution in [2.24, 2.45) is 11.7 Å². The summed E-state index contributed by atoms with van der Waals surface area (Å²) >= 11 is 0. The molecule has 0 radical (unpaired) electrons. The number of amides is 8. The molecule has 1 aliphatic heterocycles. The number of urea groups is 1. The molecule has 1 heterocycles. The van der Waals surface area contributed by atoms with Crippen LogP contribution < -0.4 is 32.3 Å². The Bertz CT molecular complexity index is 1560. The van der Waals surface area contributed by atoms with E-state index >= 15 is 0 Å². The zero-order valence-electron chi connectivity index (χ0n) is 36.6. The lowest BCUT2D eigenvalue weighted by atomic mass is 10.0. The maximum Gasteiger partial charge on any atom is 0.409 e. The van der Waals surface area contributed by atoms with Gasteiger partial charge >= 0.3 is 12.1 Å². The van der Waals surface area contributed by atoms with Gasteiger partial charge < -0.3 is 70.7 Å². The minimum Gasteiger partial charge on any atom is -0.445 e. The largest absolute Gasteiger partial charge is 0.445 e. The zero-order chi connectivity index (χ0) is 46.2. The number of aliphatic hydroxyl groups excluding tert-OH is 1. The van der Waals surface area contributed by atoms with Crippen LogP contribution in [0.5, 0.6) is 0 Å². The van der Waals surface area contributed by atoms with Crippen LogP contribution in [0, 0.1) is 5.92 Å². The molecule has 0 unspecified atom stereocenters. The fraction of sp³-hybridized carbons (Fsp3) is 0.634. The average Bonchev–Trinajstić information content (AvgIpc) is 3.58. The number of aliphatic hydroxyl groups is 1. The van der Waals surface area contributed by atoms with Crippen LogP contribution in [-0.4, -0.2) is 181 Å². The molecule has 2 atom stereocenters. The van der Waals surface area contributed by atoms with Crippen molar-refractivity contribution >= 4 is 47.3 Å². The highest BCUT2D eigenvalue weighted by molar-refractivity contribution is 6.12. The SMILES string of the molecule is CC(C)[C@H](NC(=O)CCOCCOCCOCCOCCN1C(=O)C=CC1=O)C(=O)N[C@@H](CCCNC(N)=O)C(=O)Nc1ccc(COC(=O)N(C)CCNCCOCCO)cc1. The molecule has 8 amide bonds. The van der Waals surface area contributed by atoms with Crippen LogP contribution in [0.15, 0.2) is 36.4 Å². The molecule has 354 valence electrons. The van der Waals surface area contributed by atoms with E-state index < -0.39 is 41.9 Å².